The minimum absolute atomic E-state index is 0.0688. The van der Waals surface area contributed by atoms with Crippen LogP contribution < -0.4 is 10.2 Å². The number of hydrogen-bond acceptors (Lipinski definition) is 5. The molecule has 1 amide bonds. The first-order valence-corrected chi connectivity index (χ1v) is 7.76. The summed E-state index contributed by atoms with van der Waals surface area (Å²) in [6.45, 7) is 8.32. The van der Waals surface area contributed by atoms with Crippen molar-refractivity contribution in [1.82, 2.24) is 20.2 Å². The Balaban J connectivity index is 1.79. The fourth-order valence-electron chi connectivity index (χ4n) is 2.47. The first kappa shape index (κ1) is 15.7. The van der Waals surface area contributed by atoms with Crippen molar-refractivity contribution in [3.63, 3.8) is 0 Å². The molecule has 0 spiro atoms. The number of rotatable bonds is 6. The molecule has 6 heteroatoms. The van der Waals surface area contributed by atoms with Crippen molar-refractivity contribution in [3.05, 3.63) is 18.5 Å². The van der Waals surface area contributed by atoms with Gasteiger partial charge in [-0.15, -0.1) is 0 Å². The van der Waals surface area contributed by atoms with Gasteiger partial charge in [-0.3, -0.25) is 9.69 Å². The van der Waals surface area contributed by atoms with Gasteiger partial charge in [0.2, 0.25) is 11.9 Å². The smallest absolute Gasteiger partial charge is 0.237 e. The average molecular weight is 291 g/mol. The van der Waals surface area contributed by atoms with Gasteiger partial charge in [0.15, 0.2) is 0 Å². The molecule has 0 aliphatic carbocycles. The zero-order valence-corrected chi connectivity index (χ0v) is 13.0. The number of amides is 1. The van der Waals surface area contributed by atoms with Gasteiger partial charge in [0.1, 0.15) is 0 Å². The maximum absolute atomic E-state index is 12.1. The van der Waals surface area contributed by atoms with E-state index in [0.717, 1.165) is 51.5 Å². The topological polar surface area (TPSA) is 61.4 Å². The Morgan fingerprint density at radius 2 is 1.95 bits per heavy atom. The van der Waals surface area contributed by atoms with Crippen LogP contribution in [0.1, 0.15) is 26.7 Å². The molecule has 1 unspecified atom stereocenters. The van der Waals surface area contributed by atoms with Gasteiger partial charge in [0, 0.05) is 45.1 Å². The molecule has 1 fully saturated rings. The van der Waals surface area contributed by atoms with Crippen LogP contribution in [0.15, 0.2) is 18.5 Å². The predicted molar refractivity (Wildman–Crippen MR) is 83.2 cm³/mol. The largest absolute Gasteiger partial charge is 0.355 e. The van der Waals surface area contributed by atoms with Crippen molar-refractivity contribution < 1.29 is 4.79 Å². The van der Waals surface area contributed by atoms with Crippen molar-refractivity contribution in [3.8, 4) is 0 Å². The molecule has 2 heterocycles. The standard InChI is InChI=1S/C15H25N5O/c1-3-4-6-16-14(21)13(2)19-9-11-20(12-10-19)15-17-7-5-8-18-15/h5,7-8,13H,3-4,6,9-12H2,1-2H3,(H,16,21). The second-order valence-corrected chi connectivity index (χ2v) is 5.39. The van der Waals surface area contributed by atoms with E-state index >= 15 is 0 Å². The van der Waals surface area contributed by atoms with Gasteiger partial charge in [-0.2, -0.15) is 0 Å². The van der Waals surface area contributed by atoms with E-state index in [1.54, 1.807) is 12.4 Å². The van der Waals surface area contributed by atoms with Crippen LogP contribution >= 0.6 is 0 Å². The molecule has 1 aliphatic heterocycles. The van der Waals surface area contributed by atoms with Gasteiger partial charge >= 0.3 is 0 Å². The maximum atomic E-state index is 12.1. The number of hydrogen-bond donors (Lipinski definition) is 1. The summed E-state index contributed by atoms with van der Waals surface area (Å²) in [5, 5.41) is 3.00. The van der Waals surface area contributed by atoms with Gasteiger partial charge < -0.3 is 10.2 Å². The van der Waals surface area contributed by atoms with E-state index in [4.69, 9.17) is 0 Å². The molecule has 1 aliphatic rings. The first-order valence-electron chi connectivity index (χ1n) is 7.76. The molecule has 1 aromatic rings. The lowest BCUT2D eigenvalue weighted by Crippen LogP contribution is -2.54. The van der Waals surface area contributed by atoms with Gasteiger partial charge in [-0.25, -0.2) is 9.97 Å². The fourth-order valence-corrected chi connectivity index (χ4v) is 2.47. The molecular weight excluding hydrogens is 266 g/mol. The molecule has 0 bridgehead atoms. The van der Waals surface area contributed by atoms with E-state index < -0.39 is 0 Å². The summed E-state index contributed by atoms with van der Waals surface area (Å²) in [5.41, 5.74) is 0. The summed E-state index contributed by atoms with van der Waals surface area (Å²) in [6.07, 6.45) is 5.67. The highest BCUT2D eigenvalue weighted by atomic mass is 16.2. The number of nitrogens with zero attached hydrogens (tertiary/aromatic N) is 4. The molecule has 2 rings (SSSR count). The normalized spacial score (nSPS) is 17.5. The third-order valence-electron chi connectivity index (χ3n) is 3.91. The van der Waals surface area contributed by atoms with Crippen molar-refractivity contribution in [2.75, 3.05) is 37.6 Å². The lowest BCUT2D eigenvalue weighted by Gasteiger charge is -2.37. The van der Waals surface area contributed by atoms with E-state index in [0.29, 0.717) is 0 Å². The van der Waals surface area contributed by atoms with Crippen LogP contribution in [0, 0.1) is 0 Å². The Bertz CT molecular complexity index is 431. The highest BCUT2D eigenvalue weighted by molar-refractivity contribution is 5.81. The van der Waals surface area contributed by atoms with Crippen LogP contribution in [-0.2, 0) is 4.79 Å². The predicted octanol–water partition coefficient (Wildman–Crippen LogP) is 0.903. The van der Waals surface area contributed by atoms with Crippen molar-refractivity contribution >= 4 is 11.9 Å². The van der Waals surface area contributed by atoms with Crippen LogP contribution in [0.4, 0.5) is 5.95 Å². The zero-order valence-electron chi connectivity index (χ0n) is 13.0. The molecular formula is C15H25N5O. The van der Waals surface area contributed by atoms with Gasteiger partial charge in [0.05, 0.1) is 6.04 Å². The van der Waals surface area contributed by atoms with Crippen LogP contribution in [0.5, 0.6) is 0 Å². The molecule has 1 atom stereocenters. The molecule has 6 nitrogen and oxygen atoms in total. The Morgan fingerprint density at radius 1 is 1.29 bits per heavy atom. The van der Waals surface area contributed by atoms with Gasteiger partial charge in [0.25, 0.3) is 0 Å². The number of anilines is 1. The van der Waals surface area contributed by atoms with E-state index in [9.17, 15) is 4.79 Å². The van der Waals surface area contributed by atoms with E-state index in [1.807, 2.05) is 13.0 Å². The van der Waals surface area contributed by atoms with E-state index in [2.05, 4.69) is 32.0 Å². The lowest BCUT2D eigenvalue weighted by molar-refractivity contribution is -0.126. The van der Waals surface area contributed by atoms with Crippen molar-refractivity contribution in [2.45, 2.75) is 32.7 Å². The number of unbranched alkanes of at least 4 members (excludes halogenated alkanes) is 1. The Labute approximate surface area is 126 Å². The molecule has 21 heavy (non-hydrogen) atoms. The summed E-state index contributed by atoms with van der Waals surface area (Å²) in [6, 6.07) is 1.75. The molecule has 0 aromatic carbocycles. The number of carbonyl (C=O) groups is 1. The number of aromatic nitrogens is 2. The molecule has 116 valence electrons. The Hall–Kier alpha value is -1.69. The van der Waals surface area contributed by atoms with E-state index in [1.165, 1.54) is 0 Å². The van der Waals surface area contributed by atoms with Crippen molar-refractivity contribution in [2.24, 2.45) is 0 Å². The summed E-state index contributed by atoms with van der Waals surface area (Å²) < 4.78 is 0. The highest BCUT2D eigenvalue weighted by Gasteiger charge is 2.26. The summed E-state index contributed by atoms with van der Waals surface area (Å²) in [7, 11) is 0. The number of piperazine rings is 1. The third-order valence-corrected chi connectivity index (χ3v) is 3.91. The molecule has 1 aromatic heterocycles. The minimum atomic E-state index is -0.0688. The summed E-state index contributed by atoms with van der Waals surface area (Å²) >= 11 is 0. The molecule has 0 radical (unpaired) electrons. The first-order chi connectivity index (χ1) is 10.2. The zero-order chi connectivity index (χ0) is 15.1. The van der Waals surface area contributed by atoms with Crippen LogP contribution in [0.25, 0.3) is 0 Å². The monoisotopic (exact) mass is 291 g/mol. The third kappa shape index (κ3) is 4.39. The number of nitrogens with one attached hydrogen (secondary N) is 1. The second kappa shape index (κ2) is 7.93. The van der Waals surface area contributed by atoms with E-state index in [-0.39, 0.29) is 11.9 Å². The Kier molecular flexibility index (Phi) is 5.92. The molecule has 0 saturated carbocycles. The highest BCUT2D eigenvalue weighted by Crippen LogP contribution is 2.11. The second-order valence-electron chi connectivity index (χ2n) is 5.39. The average Bonchev–Trinajstić information content (AvgIpc) is 2.55. The minimum Gasteiger partial charge on any atom is -0.355 e. The summed E-state index contributed by atoms with van der Waals surface area (Å²) in [5.74, 6) is 0.907. The maximum Gasteiger partial charge on any atom is 0.237 e. The molecule has 1 N–H and O–H groups in total. The van der Waals surface area contributed by atoms with Gasteiger partial charge in [-0.1, -0.05) is 13.3 Å². The van der Waals surface area contributed by atoms with Crippen LogP contribution in [0.2, 0.25) is 0 Å². The quantitative estimate of drug-likeness (QED) is 0.789. The van der Waals surface area contributed by atoms with Gasteiger partial charge in [-0.05, 0) is 19.4 Å². The van der Waals surface area contributed by atoms with Crippen molar-refractivity contribution in [1.29, 1.82) is 0 Å². The Morgan fingerprint density at radius 3 is 2.57 bits per heavy atom. The SMILES string of the molecule is CCCCNC(=O)C(C)N1CCN(c2ncccn2)CC1. The van der Waals surface area contributed by atoms with Crippen LogP contribution in [0.3, 0.4) is 0 Å². The van der Waals surface area contributed by atoms with Crippen LogP contribution in [-0.4, -0.2) is 59.5 Å². The molecule has 1 saturated heterocycles. The fraction of sp³-hybridized carbons (Fsp3) is 0.667. The lowest BCUT2D eigenvalue weighted by atomic mass is 10.2. The summed E-state index contributed by atoms with van der Waals surface area (Å²) in [4.78, 5) is 25.0. The number of carbonyl (C=O) groups excluding carboxylic acids is 1.